The standard InChI is InChI=1S/C11H14N2O2/c14-10(15)8-11(4-1-5-11)13-9-2-6-12-7-3-9/h2-3,6-7H,1,4-5,8H2,(H,12,13)(H,14,15). The predicted octanol–water partition coefficient (Wildman–Crippen LogP) is 1.89. The van der Waals surface area contributed by atoms with Crippen LogP contribution in [0.2, 0.25) is 0 Å². The minimum atomic E-state index is -0.740. The van der Waals surface area contributed by atoms with E-state index in [9.17, 15) is 4.79 Å². The summed E-state index contributed by atoms with van der Waals surface area (Å²) in [7, 11) is 0. The number of aliphatic carboxylic acids is 1. The summed E-state index contributed by atoms with van der Waals surface area (Å²) < 4.78 is 0. The number of rotatable bonds is 4. The maximum absolute atomic E-state index is 10.7. The van der Waals surface area contributed by atoms with Gasteiger partial charge in [0.15, 0.2) is 0 Å². The van der Waals surface area contributed by atoms with Gasteiger partial charge in [-0.25, -0.2) is 0 Å². The second-order valence-corrected chi connectivity index (χ2v) is 4.07. The molecule has 1 aliphatic rings. The van der Waals surface area contributed by atoms with Crippen LogP contribution >= 0.6 is 0 Å². The number of carboxylic acid groups (broad SMARTS) is 1. The molecule has 1 heterocycles. The van der Waals surface area contributed by atoms with Crippen LogP contribution in [0.4, 0.5) is 5.69 Å². The zero-order chi connectivity index (χ0) is 10.7. The minimum absolute atomic E-state index is 0.190. The molecule has 1 fully saturated rings. The fraction of sp³-hybridized carbons (Fsp3) is 0.455. The van der Waals surface area contributed by atoms with E-state index in [4.69, 9.17) is 5.11 Å². The first-order valence-electron chi connectivity index (χ1n) is 5.10. The Morgan fingerprint density at radius 1 is 1.47 bits per heavy atom. The van der Waals surface area contributed by atoms with Crippen molar-refractivity contribution < 1.29 is 9.90 Å². The first kappa shape index (κ1) is 9.96. The van der Waals surface area contributed by atoms with Crippen molar-refractivity contribution in [1.29, 1.82) is 0 Å². The van der Waals surface area contributed by atoms with E-state index < -0.39 is 5.97 Å². The Kier molecular flexibility index (Phi) is 2.58. The second kappa shape index (κ2) is 3.88. The smallest absolute Gasteiger partial charge is 0.305 e. The van der Waals surface area contributed by atoms with Crippen molar-refractivity contribution in [3.05, 3.63) is 24.5 Å². The highest BCUT2D eigenvalue weighted by molar-refractivity contribution is 5.70. The van der Waals surface area contributed by atoms with E-state index in [-0.39, 0.29) is 12.0 Å². The van der Waals surface area contributed by atoms with E-state index >= 15 is 0 Å². The SMILES string of the molecule is O=C(O)CC1(Nc2ccncc2)CCC1. The van der Waals surface area contributed by atoms with Gasteiger partial charge >= 0.3 is 5.97 Å². The summed E-state index contributed by atoms with van der Waals surface area (Å²) >= 11 is 0. The van der Waals surface area contributed by atoms with Crippen molar-refractivity contribution in [2.45, 2.75) is 31.2 Å². The van der Waals surface area contributed by atoms with Gasteiger partial charge in [-0.3, -0.25) is 9.78 Å². The van der Waals surface area contributed by atoms with Gasteiger partial charge in [0.05, 0.1) is 6.42 Å². The van der Waals surface area contributed by atoms with Crippen LogP contribution in [0.15, 0.2) is 24.5 Å². The summed E-state index contributed by atoms with van der Waals surface area (Å²) in [4.78, 5) is 14.7. The second-order valence-electron chi connectivity index (χ2n) is 4.07. The van der Waals surface area contributed by atoms with Gasteiger partial charge in [0.25, 0.3) is 0 Å². The Morgan fingerprint density at radius 3 is 2.60 bits per heavy atom. The van der Waals surface area contributed by atoms with Gasteiger partial charge in [0.2, 0.25) is 0 Å². The zero-order valence-electron chi connectivity index (χ0n) is 8.44. The number of aromatic nitrogens is 1. The number of nitrogens with zero attached hydrogens (tertiary/aromatic N) is 1. The number of carbonyl (C=O) groups is 1. The third-order valence-corrected chi connectivity index (χ3v) is 2.89. The molecule has 1 saturated carbocycles. The number of nitrogens with one attached hydrogen (secondary N) is 1. The van der Waals surface area contributed by atoms with E-state index in [1.165, 1.54) is 0 Å². The van der Waals surface area contributed by atoms with Gasteiger partial charge in [0, 0.05) is 23.6 Å². The molecule has 0 amide bonds. The molecule has 0 saturated heterocycles. The molecule has 1 aromatic rings. The molecule has 80 valence electrons. The molecule has 15 heavy (non-hydrogen) atoms. The molecule has 2 rings (SSSR count). The van der Waals surface area contributed by atoms with Crippen LogP contribution in [0.1, 0.15) is 25.7 Å². The monoisotopic (exact) mass is 206 g/mol. The molecule has 0 aliphatic heterocycles. The Balaban J connectivity index is 2.05. The van der Waals surface area contributed by atoms with Crippen molar-refractivity contribution >= 4 is 11.7 Å². The maximum atomic E-state index is 10.7. The van der Waals surface area contributed by atoms with Crippen molar-refractivity contribution in [3.8, 4) is 0 Å². The molecule has 1 aliphatic carbocycles. The van der Waals surface area contributed by atoms with Crippen molar-refractivity contribution in [1.82, 2.24) is 4.98 Å². The van der Waals surface area contributed by atoms with Crippen LogP contribution in [0.5, 0.6) is 0 Å². The van der Waals surface area contributed by atoms with E-state index in [2.05, 4.69) is 10.3 Å². The molecular formula is C11H14N2O2. The first-order valence-corrected chi connectivity index (χ1v) is 5.10. The van der Waals surface area contributed by atoms with E-state index in [1.54, 1.807) is 12.4 Å². The normalized spacial score (nSPS) is 17.9. The lowest BCUT2D eigenvalue weighted by Gasteiger charge is -2.42. The molecule has 0 bridgehead atoms. The summed E-state index contributed by atoms with van der Waals surface area (Å²) in [5.41, 5.74) is 0.721. The van der Waals surface area contributed by atoms with E-state index in [1.807, 2.05) is 12.1 Å². The Labute approximate surface area is 88.3 Å². The Morgan fingerprint density at radius 2 is 2.13 bits per heavy atom. The highest BCUT2D eigenvalue weighted by Crippen LogP contribution is 2.37. The third kappa shape index (κ3) is 2.26. The lowest BCUT2D eigenvalue weighted by molar-refractivity contribution is -0.138. The van der Waals surface area contributed by atoms with Crippen LogP contribution in [-0.4, -0.2) is 21.6 Å². The number of anilines is 1. The molecule has 0 radical (unpaired) electrons. The molecule has 0 unspecified atom stereocenters. The van der Waals surface area contributed by atoms with Crippen LogP contribution in [-0.2, 0) is 4.79 Å². The Hall–Kier alpha value is -1.58. The average Bonchev–Trinajstić information content (AvgIpc) is 2.15. The largest absolute Gasteiger partial charge is 0.481 e. The van der Waals surface area contributed by atoms with Crippen LogP contribution in [0.3, 0.4) is 0 Å². The quantitative estimate of drug-likeness (QED) is 0.789. The number of pyridine rings is 1. The molecule has 1 aromatic heterocycles. The van der Waals surface area contributed by atoms with Crippen LogP contribution < -0.4 is 5.32 Å². The van der Waals surface area contributed by atoms with Gasteiger partial charge in [-0.15, -0.1) is 0 Å². The lowest BCUT2D eigenvalue weighted by atomic mass is 9.74. The molecule has 0 spiro atoms. The number of hydrogen-bond acceptors (Lipinski definition) is 3. The van der Waals surface area contributed by atoms with Crippen LogP contribution in [0.25, 0.3) is 0 Å². The summed E-state index contributed by atoms with van der Waals surface area (Å²) in [6.45, 7) is 0. The molecule has 4 heteroatoms. The molecule has 4 nitrogen and oxygen atoms in total. The van der Waals surface area contributed by atoms with E-state index in [0.717, 1.165) is 24.9 Å². The van der Waals surface area contributed by atoms with Crippen molar-refractivity contribution in [2.75, 3.05) is 5.32 Å². The molecule has 0 aromatic carbocycles. The van der Waals surface area contributed by atoms with Gasteiger partial charge in [-0.05, 0) is 31.4 Å². The van der Waals surface area contributed by atoms with E-state index in [0.29, 0.717) is 0 Å². The highest BCUT2D eigenvalue weighted by Gasteiger charge is 2.38. The fourth-order valence-electron chi connectivity index (χ4n) is 1.98. The van der Waals surface area contributed by atoms with Crippen molar-refractivity contribution in [3.63, 3.8) is 0 Å². The first-order chi connectivity index (χ1) is 7.20. The molecule has 2 N–H and O–H groups in total. The highest BCUT2D eigenvalue weighted by atomic mass is 16.4. The average molecular weight is 206 g/mol. The minimum Gasteiger partial charge on any atom is -0.481 e. The summed E-state index contributed by atoms with van der Waals surface area (Å²) in [6, 6.07) is 3.73. The molecular weight excluding hydrogens is 192 g/mol. The number of carboxylic acids is 1. The van der Waals surface area contributed by atoms with Crippen LogP contribution in [0, 0.1) is 0 Å². The number of hydrogen-bond donors (Lipinski definition) is 2. The lowest BCUT2D eigenvalue weighted by Crippen LogP contribution is -2.46. The molecule has 0 atom stereocenters. The summed E-state index contributed by atoms with van der Waals surface area (Å²) in [5, 5.41) is 12.1. The van der Waals surface area contributed by atoms with Gasteiger partial charge in [0.1, 0.15) is 0 Å². The zero-order valence-corrected chi connectivity index (χ0v) is 8.44. The van der Waals surface area contributed by atoms with Crippen molar-refractivity contribution in [2.24, 2.45) is 0 Å². The third-order valence-electron chi connectivity index (χ3n) is 2.89. The predicted molar refractivity (Wildman–Crippen MR) is 56.7 cm³/mol. The topological polar surface area (TPSA) is 62.2 Å². The van der Waals surface area contributed by atoms with Gasteiger partial charge in [-0.2, -0.15) is 0 Å². The van der Waals surface area contributed by atoms with Gasteiger partial charge < -0.3 is 10.4 Å². The summed E-state index contributed by atoms with van der Waals surface area (Å²) in [6.07, 6.45) is 6.56. The summed E-state index contributed by atoms with van der Waals surface area (Å²) in [5.74, 6) is -0.740. The van der Waals surface area contributed by atoms with Gasteiger partial charge in [-0.1, -0.05) is 0 Å². The maximum Gasteiger partial charge on any atom is 0.305 e. The Bertz CT molecular complexity index is 347. The fourth-order valence-corrected chi connectivity index (χ4v) is 1.98.